The molecular weight excluding hydrogens is 698 g/mol. The summed E-state index contributed by atoms with van der Waals surface area (Å²) in [5.74, 6) is -7.11. The van der Waals surface area contributed by atoms with Crippen molar-refractivity contribution < 1.29 is 63.6 Å². The maximum atomic E-state index is 12.6. The van der Waals surface area contributed by atoms with Crippen LogP contribution in [0.25, 0.3) is 0 Å². The number of nitrogens with one attached hydrogen (secondary N) is 7. The van der Waals surface area contributed by atoms with Crippen LogP contribution in [0.1, 0.15) is 51.0 Å². The van der Waals surface area contributed by atoms with Crippen molar-refractivity contribution in [1.82, 2.24) is 31.9 Å². The molecule has 4 unspecified atom stereocenters. The Kier molecular flexibility index (Phi) is 19.5. The van der Waals surface area contributed by atoms with Gasteiger partial charge in [0.25, 0.3) is 0 Å². The predicted molar refractivity (Wildman–Crippen MR) is 181 cm³/mol. The number of urea groups is 2. The first-order valence-corrected chi connectivity index (χ1v) is 16.2. The van der Waals surface area contributed by atoms with Gasteiger partial charge in [0.05, 0.1) is 12.8 Å². The Balaban J connectivity index is 2.53. The first kappa shape index (κ1) is 43.4. The summed E-state index contributed by atoms with van der Waals surface area (Å²) < 4.78 is 0. The van der Waals surface area contributed by atoms with Gasteiger partial charge in [0.2, 0.25) is 17.7 Å². The molecule has 7 amide bonds. The Morgan fingerprint density at radius 3 is 1.82 bits per heavy atom. The topological polar surface area (TPSA) is 319 Å². The highest BCUT2D eigenvalue weighted by Gasteiger charge is 2.27. The summed E-state index contributed by atoms with van der Waals surface area (Å²) >= 11 is 3.97. The number of carboxylic acid groups (broad SMARTS) is 4. The second-order valence-corrected chi connectivity index (χ2v) is 11.5. The van der Waals surface area contributed by atoms with Crippen LogP contribution in [0.2, 0.25) is 0 Å². The lowest BCUT2D eigenvalue weighted by molar-refractivity contribution is -0.141. The molecule has 1 aromatic carbocycles. The number of unbranched alkanes of at least 4 members (excludes halogenated alkanes) is 1. The second kappa shape index (κ2) is 22.9. The van der Waals surface area contributed by atoms with Crippen molar-refractivity contribution in [3.63, 3.8) is 0 Å². The number of hydrogen-bond donors (Lipinski definition) is 12. The molecule has 282 valence electrons. The molecule has 0 saturated heterocycles. The third-order valence-corrected chi connectivity index (χ3v) is 7.05. The van der Waals surface area contributed by atoms with E-state index in [1.165, 1.54) is 31.2 Å². The zero-order valence-corrected chi connectivity index (χ0v) is 28.5. The second-order valence-electron chi connectivity index (χ2n) is 11.0. The predicted octanol–water partition coefficient (Wildman–Crippen LogP) is -0.898. The number of rotatable bonds is 23. The number of carboxylic acids is 4. The average molecular weight is 742 g/mol. The molecule has 1 rings (SSSR count). The summed E-state index contributed by atoms with van der Waals surface area (Å²) in [4.78, 5) is 106. The van der Waals surface area contributed by atoms with E-state index >= 15 is 0 Å². The van der Waals surface area contributed by atoms with E-state index in [0.29, 0.717) is 23.4 Å². The molecule has 0 heterocycles. The smallest absolute Gasteiger partial charge is 0.326 e. The van der Waals surface area contributed by atoms with Gasteiger partial charge in [-0.05, 0) is 50.3 Å². The van der Waals surface area contributed by atoms with Crippen molar-refractivity contribution >= 4 is 72.0 Å². The monoisotopic (exact) mass is 741 g/mol. The number of anilines is 1. The molecule has 0 aliphatic carbocycles. The SMILES string of the molecule is CC(NC(=O)C(CC(=O)O)NC(=O)Cc1ccc(NC(=O)NCCCCC(NC(=O)NC(CCC(=O)O)C(=O)O)C(=O)O)cc1)C(=O)NCCS. The van der Waals surface area contributed by atoms with Gasteiger partial charge in [-0.25, -0.2) is 19.2 Å². The summed E-state index contributed by atoms with van der Waals surface area (Å²) in [5, 5.41) is 53.0. The molecule has 0 radical (unpaired) electrons. The number of thiol groups is 1. The van der Waals surface area contributed by atoms with Crippen LogP contribution in [0.4, 0.5) is 15.3 Å². The molecule has 0 aliphatic rings. The summed E-state index contributed by atoms with van der Waals surface area (Å²) in [6, 6.07) is -0.980. The first-order valence-electron chi connectivity index (χ1n) is 15.6. The number of carbonyl (C=O) groups is 9. The molecule has 1 aromatic rings. The van der Waals surface area contributed by atoms with Crippen LogP contribution in [-0.2, 0) is 40.0 Å². The largest absolute Gasteiger partial charge is 0.481 e. The van der Waals surface area contributed by atoms with E-state index in [-0.39, 0.29) is 32.4 Å². The van der Waals surface area contributed by atoms with Crippen LogP contribution in [0.3, 0.4) is 0 Å². The lowest BCUT2D eigenvalue weighted by atomic mass is 10.1. The van der Waals surface area contributed by atoms with E-state index in [1.807, 2.05) is 5.32 Å². The molecule has 0 aromatic heterocycles. The zero-order chi connectivity index (χ0) is 38.5. The maximum Gasteiger partial charge on any atom is 0.326 e. The maximum absolute atomic E-state index is 12.6. The fourth-order valence-corrected chi connectivity index (χ4v) is 4.34. The lowest BCUT2D eigenvalue weighted by Crippen LogP contribution is -2.53. The summed E-state index contributed by atoms with van der Waals surface area (Å²) in [6.07, 6.45) is -1.36. The lowest BCUT2D eigenvalue weighted by Gasteiger charge is -2.20. The molecule has 20 nitrogen and oxygen atoms in total. The van der Waals surface area contributed by atoms with Gasteiger partial charge >= 0.3 is 35.9 Å². The van der Waals surface area contributed by atoms with Gasteiger partial charge in [0, 0.05) is 31.0 Å². The molecule has 0 saturated carbocycles. The van der Waals surface area contributed by atoms with Crippen LogP contribution >= 0.6 is 12.6 Å². The van der Waals surface area contributed by atoms with Crippen molar-refractivity contribution in [2.24, 2.45) is 0 Å². The molecule has 21 heteroatoms. The number of carbonyl (C=O) groups excluding carboxylic acids is 5. The van der Waals surface area contributed by atoms with E-state index in [2.05, 4.69) is 44.5 Å². The first-order chi connectivity index (χ1) is 24.0. The number of benzene rings is 1. The molecule has 0 spiro atoms. The van der Waals surface area contributed by atoms with Gasteiger partial charge in [0.1, 0.15) is 24.2 Å². The van der Waals surface area contributed by atoms with E-state index in [1.54, 1.807) is 0 Å². The van der Waals surface area contributed by atoms with Crippen molar-refractivity contribution in [2.75, 3.05) is 24.2 Å². The normalized spacial score (nSPS) is 12.8. The van der Waals surface area contributed by atoms with Crippen LogP contribution in [0.5, 0.6) is 0 Å². The molecule has 0 bridgehead atoms. The van der Waals surface area contributed by atoms with Crippen molar-refractivity contribution in [1.29, 1.82) is 0 Å². The molecular formula is C30H43N7O13S. The Labute approximate surface area is 297 Å². The average Bonchev–Trinajstić information content (AvgIpc) is 3.04. The van der Waals surface area contributed by atoms with Gasteiger partial charge in [-0.3, -0.25) is 24.0 Å². The summed E-state index contributed by atoms with van der Waals surface area (Å²) in [6.45, 7) is 1.79. The van der Waals surface area contributed by atoms with Crippen molar-refractivity contribution in [3.8, 4) is 0 Å². The van der Waals surface area contributed by atoms with Crippen LogP contribution in [0.15, 0.2) is 24.3 Å². The van der Waals surface area contributed by atoms with Crippen LogP contribution in [0, 0.1) is 0 Å². The van der Waals surface area contributed by atoms with Crippen LogP contribution in [-0.4, -0.2) is 117 Å². The fourth-order valence-electron chi connectivity index (χ4n) is 4.22. The fraction of sp³-hybridized carbons (Fsp3) is 0.500. The highest BCUT2D eigenvalue weighted by molar-refractivity contribution is 7.80. The molecule has 11 N–H and O–H groups in total. The third kappa shape index (κ3) is 18.7. The van der Waals surface area contributed by atoms with Crippen molar-refractivity contribution in [2.45, 2.75) is 76.0 Å². The highest BCUT2D eigenvalue weighted by atomic mass is 32.1. The van der Waals surface area contributed by atoms with E-state index in [0.717, 1.165) is 0 Å². The quantitative estimate of drug-likeness (QED) is 0.0479. The number of amides is 7. The van der Waals surface area contributed by atoms with Crippen LogP contribution < -0.4 is 37.2 Å². The van der Waals surface area contributed by atoms with Gasteiger partial charge in [-0.1, -0.05) is 12.1 Å². The Morgan fingerprint density at radius 1 is 0.667 bits per heavy atom. The van der Waals surface area contributed by atoms with Crippen molar-refractivity contribution in [3.05, 3.63) is 29.8 Å². The van der Waals surface area contributed by atoms with Gasteiger partial charge < -0.3 is 57.6 Å². The highest BCUT2D eigenvalue weighted by Crippen LogP contribution is 2.11. The summed E-state index contributed by atoms with van der Waals surface area (Å²) in [7, 11) is 0. The van der Waals surface area contributed by atoms with Gasteiger partial charge in [-0.15, -0.1) is 0 Å². The molecule has 0 aliphatic heterocycles. The van der Waals surface area contributed by atoms with Gasteiger partial charge in [0.15, 0.2) is 0 Å². The summed E-state index contributed by atoms with van der Waals surface area (Å²) in [5.41, 5.74) is 0.829. The third-order valence-electron chi connectivity index (χ3n) is 6.83. The van der Waals surface area contributed by atoms with E-state index in [9.17, 15) is 53.4 Å². The van der Waals surface area contributed by atoms with E-state index in [4.69, 9.17) is 10.2 Å². The Hall–Kier alpha value is -5.60. The molecule has 4 atom stereocenters. The molecule has 0 fully saturated rings. The Bertz CT molecular complexity index is 1410. The minimum atomic E-state index is -1.53. The molecule has 51 heavy (non-hydrogen) atoms. The standard InChI is InChI=1S/C30H43N7O13S/c1-16(25(43)31-12-13-51)33-26(44)21(15-24(41)42)35-22(38)14-17-5-7-18(8-6-17)34-29(49)32-11-3-2-4-19(27(45)46)36-30(50)37-20(28(47)48)9-10-23(39)40/h5-8,16,19-21,51H,2-4,9-15H2,1H3,(H,31,43)(H,33,44)(H,35,38)(H,39,40)(H,41,42)(H,45,46)(H,47,48)(H2,32,34,49)(H2,36,37,50). The number of hydrogen-bond acceptors (Lipinski definition) is 10. The zero-order valence-electron chi connectivity index (χ0n) is 27.6. The van der Waals surface area contributed by atoms with E-state index < -0.39 is 97.1 Å². The Morgan fingerprint density at radius 2 is 1.27 bits per heavy atom. The minimum absolute atomic E-state index is 0.0529. The van der Waals surface area contributed by atoms with Gasteiger partial charge in [-0.2, -0.15) is 12.6 Å². The number of aliphatic carboxylic acids is 4. The minimum Gasteiger partial charge on any atom is -0.481 e.